The Kier molecular flexibility index (Phi) is 2.50. The summed E-state index contributed by atoms with van der Waals surface area (Å²) in [7, 11) is 0. The standard InChI is InChI=1S/C3H3NO2S.H2O/c5-2-1-7-3(6)4-2;/h1H2,(H,4,5,6);1H2. The van der Waals surface area contributed by atoms with Gasteiger partial charge in [0.25, 0.3) is 5.24 Å². The summed E-state index contributed by atoms with van der Waals surface area (Å²) in [5.41, 5.74) is 0. The molecule has 0 aromatic heterocycles. The number of carbonyl (C=O) groups excluding carboxylic acids is 2. The molecule has 0 radical (unpaired) electrons. The molecule has 1 aliphatic rings. The second kappa shape index (κ2) is 2.68. The van der Waals surface area contributed by atoms with Crippen molar-refractivity contribution in [3.05, 3.63) is 0 Å². The Labute approximate surface area is 49.9 Å². The molecule has 1 fully saturated rings. The van der Waals surface area contributed by atoms with Crippen LogP contribution in [-0.4, -0.2) is 22.4 Å². The number of hydrogen-bond acceptors (Lipinski definition) is 3. The van der Waals surface area contributed by atoms with Crippen LogP contribution >= 0.6 is 11.8 Å². The van der Waals surface area contributed by atoms with E-state index in [1.807, 2.05) is 0 Å². The van der Waals surface area contributed by atoms with Crippen LogP contribution in [0.3, 0.4) is 0 Å². The van der Waals surface area contributed by atoms with Crippen molar-refractivity contribution in [3.8, 4) is 0 Å². The number of hydrogen-bond donors (Lipinski definition) is 1. The quantitative estimate of drug-likeness (QED) is 0.469. The van der Waals surface area contributed by atoms with Crippen LogP contribution in [0.2, 0.25) is 0 Å². The topological polar surface area (TPSA) is 77.7 Å². The second-order valence-corrected chi connectivity index (χ2v) is 2.07. The maximum absolute atomic E-state index is 10.1. The van der Waals surface area contributed by atoms with Crippen LogP contribution in [0.25, 0.3) is 0 Å². The number of rotatable bonds is 0. The van der Waals surface area contributed by atoms with Gasteiger partial charge < -0.3 is 5.48 Å². The van der Waals surface area contributed by atoms with Gasteiger partial charge in [0.15, 0.2) is 0 Å². The van der Waals surface area contributed by atoms with Crippen molar-refractivity contribution in [3.63, 3.8) is 0 Å². The average Bonchev–Trinajstić information content (AvgIpc) is 1.87. The van der Waals surface area contributed by atoms with Crippen LogP contribution in [-0.2, 0) is 4.79 Å². The van der Waals surface area contributed by atoms with Crippen LogP contribution in [0.15, 0.2) is 0 Å². The highest BCUT2D eigenvalue weighted by Crippen LogP contribution is 2.06. The maximum Gasteiger partial charge on any atom is 0.286 e. The van der Waals surface area contributed by atoms with E-state index in [9.17, 15) is 9.59 Å². The van der Waals surface area contributed by atoms with Crippen molar-refractivity contribution in [2.24, 2.45) is 0 Å². The minimum Gasteiger partial charge on any atom is -0.412 e. The first-order valence-electron chi connectivity index (χ1n) is 1.75. The van der Waals surface area contributed by atoms with E-state index >= 15 is 0 Å². The normalized spacial score (nSPS) is 17.5. The summed E-state index contributed by atoms with van der Waals surface area (Å²) < 4.78 is 0. The molecule has 0 unspecified atom stereocenters. The summed E-state index contributed by atoms with van der Waals surface area (Å²) in [5, 5.41) is 1.87. The fourth-order valence-corrected chi connectivity index (χ4v) is 0.837. The molecule has 0 aliphatic carbocycles. The van der Waals surface area contributed by atoms with E-state index < -0.39 is 0 Å². The molecule has 0 aromatic carbocycles. The van der Waals surface area contributed by atoms with Gasteiger partial charge >= 0.3 is 0 Å². The molecule has 46 valence electrons. The van der Waals surface area contributed by atoms with Gasteiger partial charge in [-0.05, 0) is 0 Å². The molecular weight excluding hydrogens is 130 g/mol. The van der Waals surface area contributed by atoms with Gasteiger partial charge in [-0.2, -0.15) is 0 Å². The molecule has 2 amide bonds. The number of imide groups is 1. The molecule has 8 heavy (non-hydrogen) atoms. The van der Waals surface area contributed by atoms with Gasteiger partial charge in [-0.3, -0.25) is 14.9 Å². The number of carbonyl (C=O) groups is 2. The van der Waals surface area contributed by atoms with Crippen LogP contribution < -0.4 is 5.32 Å². The molecule has 5 heteroatoms. The summed E-state index contributed by atoms with van der Waals surface area (Å²) >= 11 is 1.01. The molecule has 3 N–H and O–H groups in total. The van der Waals surface area contributed by atoms with Gasteiger partial charge in [0.05, 0.1) is 5.75 Å². The first-order valence-corrected chi connectivity index (χ1v) is 2.74. The molecule has 1 rings (SSSR count). The van der Waals surface area contributed by atoms with Gasteiger partial charge in [0, 0.05) is 0 Å². The van der Waals surface area contributed by atoms with E-state index in [-0.39, 0.29) is 16.6 Å². The Morgan fingerprint density at radius 3 is 2.25 bits per heavy atom. The summed E-state index contributed by atoms with van der Waals surface area (Å²) in [4.78, 5) is 20.2. The second-order valence-electron chi connectivity index (χ2n) is 1.12. The molecule has 0 saturated carbocycles. The average molecular weight is 135 g/mol. The van der Waals surface area contributed by atoms with Crippen molar-refractivity contribution in [1.29, 1.82) is 0 Å². The maximum atomic E-state index is 10.1. The Morgan fingerprint density at radius 2 is 2.12 bits per heavy atom. The van der Waals surface area contributed by atoms with E-state index in [4.69, 9.17) is 0 Å². The van der Waals surface area contributed by atoms with Gasteiger partial charge in [0.2, 0.25) is 5.91 Å². The Hall–Kier alpha value is -0.550. The predicted molar refractivity (Wildman–Crippen MR) is 29.6 cm³/mol. The predicted octanol–water partition coefficient (Wildman–Crippen LogP) is -0.855. The van der Waals surface area contributed by atoms with E-state index in [0.717, 1.165) is 11.8 Å². The van der Waals surface area contributed by atoms with Gasteiger partial charge in [-0.15, -0.1) is 0 Å². The van der Waals surface area contributed by atoms with E-state index in [0.29, 0.717) is 5.75 Å². The summed E-state index contributed by atoms with van der Waals surface area (Å²) in [6, 6.07) is 0. The van der Waals surface area contributed by atoms with Crippen molar-refractivity contribution < 1.29 is 15.1 Å². The minimum atomic E-state index is -0.231. The molecule has 0 bridgehead atoms. The minimum absolute atomic E-state index is 0. The number of nitrogens with one attached hydrogen (secondary N) is 1. The lowest BCUT2D eigenvalue weighted by Gasteiger charge is -1.77. The van der Waals surface area contributed by atoms with Crippen LogP contribution in [0.1, 0.15) is 0 Å². The zero-order valence-electron chi connectivity index (χ0n) is 3.93. The molecule has 1 heterocycles. The smallest absolute Gasteiger partial charge is 0.286 e. The third-order valence-electron chi connectivity index (χ3n) is 0.576. The molecule has 1 saturated heterocycles. The summed E-state index contributed by atoms with van der Waals surface area (Å²) in [6.45, 7) is 0. The third kappa shape index (κ3) is 1.51. The Morgan fingerprint density at radius 1 is 1.50 bits per heavy atom. The number of thioether (sulfide) groups is 1. The molecule has 0 atom stereocenters. The van der Waals surface area contributed by atoms with E-state index in [1.54, 1.807) is 0 Å². The highest BCUT2D eigenvalue weighted by atomic mass is 32.2. The molecule has 0 aromatic rings. The highest BCUT2D eigenvalue weighted by molar-refractivity contribution is 8.14. The fourth-order valence-electron chi connectivity index (χ4n) is 0.317. The Balaban J connectivity index is 0.000000490. The van der Waals surface area contributed by atoms with E-state index in [2.05, 4.69) is 5.32 Å². The van der Waals surface area contributed by atoms with Crippen LogP contribution in [0, 0.1) is 0 Å². The van der Waals surface area contributed by atoms with Crippen molar-refractivity contribution in [2.45, 2.75) is 0 Å². The monoisotopic (exact) mass is 135 g/mol. The highest BCUT2D eigenvalue weighted by Gasteiger charge is 2.16. The molecule has 0 spiro atoms. The lowest BCUT2D eigenvalue weighted by Crippen LogP contribution is -2.18. The SMILES string of the molecule is O.O=C1CSC(=O)N1. The van der Waals surface area contributed by atoms with Gasteiger partial charge in [-0.1, -0.05) is 11.8 Å². The fraction of sp³-hybridized carbons (Fsp3) is 0.333. The van der Waals surface area contributed by atoms with Crippen molar-refractivity contribution in [2.75, 3.05) is 5.75 Å². The molecule has 4 nitrogen and oxygen atoms in total. The first kappa shape index (κ1) is 7.45. The van der Waals surface area contributed by atoms with Crippen LogP contribution in [0.5, 0.6) is 0 Å². The first-order chi connectivity index (χ1) is 3.29. The van der Waals surface area contributed by atoms with E-state index in [1.165, 1.54) is 0 Å². The lowest BCUT2D eigenvalue weighted by molar-refractivity contribution is -0.117. The third-order valence-corrected chi connectivity index (χ3v) is 1.35. The number of amides is 2. The van der Waals surface area contributed by atoms with Crippen molar-refractivity contribution in [1.82, 2.24) is 5.32 Å². The van der Waals surface area contributed by atoms with Gasteiger partial charge in [0.1, 0.15) is 0 Å². The zero-order chi connectivity index (χ0) is 5.28. The molecule has 1 aliphatic heterocycles. The van der Waals surface area contributed by atoms with Gasteiger partial charge in [-0.25, -0.2) is 0 Å². The lowest BCUT2D eigenvalue weighted by atomic mass is 10.7. The molecular formula is C3H5NO3S. The van der Waals surface area contributed by atoms with Crippen molar-refractivity contribution >= 4 is 22.9 Å². The Bertz CT molecular complexity index is 110. The summed E-state index contributed by atoms with van der Waals surface area (Å²) in [5.74, 6) is 0.105. The zero-order valence-corrected chi connectivity index (χ0v) is 4.75. The van der Waals surface area contributed by atoms with Crippen LogP contribution in [0.4, 0.5) is 4.79 Å². The largest absolute Gasteiger partial charge is 0.412 e. The summed E-state index contributed by atoms with van der Waals surface area (Å²) in [6.07, 6.45) is 0.